The standard InChI is InChI=1S/C12H17.Rb/c1-9(2)11-7-5-6-8-12(11)10(3)4;/h5,7-10H,1-4H3;/q-1;+1. The van der Waals surface area contributed by atoms with Gasteiger partial charge in [0, 0.05) is 0 Å². The van der Waals surface area contributed by atoms with Gasteiger partial charge in [0.25, 0.3) is 0 Å². The molecule has 13 heavy (non-hydrogen) atoms. The molecule has 0 radical (unpaired) electrons. The van der Waals surface area contributed by atoms with Gasteiger partial charge >= 0.3 is 58.2 Å². The van der Waals surface area contributed by atoms with Crippen molar-refractivity contribution in [2.24, 2.45) is 0 Å². The third-order valence-corrected chi connectivity index (χ3v) is 2.18. The van der Waals surface area contributed by atoms with Crippen LogP contribution in [-0.4, -0.2) is 0 Å². The second-order valence-electron chi connectivity index (χ2n) is 3.86. The molecule has 0 aliphatic heterocycles. The second-order valence-corrected chi connectivity index (χ2v) is 3.86. The first-order valence-corrected chi connectivity index (χ1v) is 4.62. The molecule has 1 heteroatoms. The maximum atomic E-state index is 3.14. The zero-order valence-electron chi connectivity index (χ0n) is 9.39. The summed E-state index contributed by atoms with van der Waals surface area (Å²) in [6.45, 7) is 8.94. The van der Waals surface area contributed by atoms with Crippen LogP contribution in [0.15, 0.2) is 18.2 Å². The number of hydrogen-bond donors (Lipinski definition) is 0. The van der Waals surface area contributed by atoms with Crippen LogP contribution in [0, 0.1) is 6.07 Å². The monoisotopic (exact) mass is 246 g/mol. The van der Waals surface area contributed by atoms with Crippen molar-refractivity contribution in [3.63, 3.8) is 0 Å². The summed E-state index contributed by atoms with van der Waals surface area (Å²) >= 11 is 0. The molecule has 0 heterocycles. The van der Waals surface area contributed by atoms with E-state index in [1.54, 1.807) is 0 Å². The van der Waals surface area contributed by atoms with Gasteiger partial charge in [-0.3, -0.25) is 0 Å². The van der Waals surface area contributed by atoms with Gasteiger partial charge in [-0.15, -0.1) is 0 Å². The second kappa shape index (κ2) is 6.50. The number of hydrogen-bond acceptors (Lipinski definition) is 0. The summed E-state index contributed by atoms with van der Waals surface area (Å²) in [6, 6.07) is 9.43. The summed E-state index contributed by atoms with van der Waals surface area (Å²) in [7, 11) is 0. The Labute approximate surface area is 131 Å². The van der Waals surface area contributed by atoms with Crippen LogP contribution in [0.25, 0.3) is 0 Å². The van der Waals surface area contributed by atoms with E-state index in [2.05, 4.69) is 45.9 Å². The van der Waals surface area contributed by atoms with E-state index in [0.717, 1.165) is 0 Å². The molecule has 0 bridgehead atoms. The van der Waals surface area contributed by atoms with E-state index in [1.165, 1.54) is 11.1 Å². The third-order valence-electron chi connectivity index (χ3n) is 2.18. The summed E-state index contributed by atoms with van der Waals surface area (Å²) in [5, 5.41) is 0. The summed E-state index contributed by atoms with van der Waals surface area (Å²) < 4.78 is 0. The van der Waals surface area contributed by atoms with Gasteiger partial charge in [-0.05, 0) is 5.92 Å². The minimum atomic E-state index is 0. The Kier molecular flexibility index (Phi) is 7.01. The Bertz CT molecular complexity index is 224. The van der Waals surface area contributed by atoms with Crippen LogP contribution in [0.5, 0.6) is 0 Å². The SMILES string of the molecule is CC(C)c1c[c-]ccc1C(C)C.[Rb+]. The number of benzene rings is 1. The molecular formula is C12H17Rb. The van der Waals surface area contributed by atoms with Crippen molar-refractivity contribution in [1.82, 2.24) is 0 Å². The molecule has 0 aromatic heterocycles. The van der Waals surface area contributed by atoms with Crippen molar-refractivity contribution < 1.29 is 58.2 Å². The molecular weight excluding hydrogens is 230 g/mol. The Morgan fingerprint density at radius 2 is 1.54 bits per heavy atom. The quantitative estimate of drug-likeness (QED) is 0.676. The van der Waals surface area contributed by atoms with Crippen molar-refractivity contribution in [3.05, 3.63) is 35.4 Å². The molecule has 0 fully saturated rings. The summed E-state index contributed by atoms with van der Waals surface area (Å²) in [6.07, 6.45) is 0. The van der Waals surface area contributed by atoms with Crippen LogP contribution in [0.2, 0.25) is 0 Å². The molecule has 0 saturated carbocycles. The van der Waals surface area contributed by atoms with Crippen molar-refractivity contribution in [2.75, 3.05) is 0 Å². The summed E-state index contributed by atoms with van der Waals surface area (Å²) in [5.41, 5.74) is 2.90. The first-order chi connectivity index (χ1) is 5.63. The average Bonchev–Trinajstić information content (AvgIpc) is 2.04. The van der Waals surface area contributed by atoms with Crippen molar-refractivity contribution in [3.8, 4) is 0 Å². The minimum absolute atomic E-state index is 0. The fourth-order valence-corrected chi connectivity index (χ4v) is 1.48. The van der Waals surface area contributed by atoms with Crippen LogP contribution in [0.1, 0.15) is 50.7 Å². The van der Waals surface area contributed by atoms with E-state index in [-0.39, 0.29) is 58.2 Å². The van der Waals surface area contributed by atoms with Gasteiger partial charge < -0.3 is 0 Å². The Hall–Kier alpha value is 1.03. The van der Waals surface area contributed by atoms with E-state index in [9.17, 15) is 0 Å². The Morgan fingerprint density at radius 1 is 1.00 bits per heavy atom. The van der Waals surface area contributed by atoms with Gasteiger partial charge in [0.15, 0.2) is 0 Å². The molecule has 0 aliphatic carbocycles. The Morgan fingerprint density at radius 3 is 1.92 bits per heavy atom. The normalized spacial score (nSPS) is 10.3. The topological polar surface area (TPSA) is 0 Å². The van der Waals surface area contributed by atoms with Crippen LogP contribution < -0.4 is 58.2 Å². The largest absolute Gasteiger partial charge is 1.00 e. The zero-order chi connectivity index (χ0) is 9.14. The molecule has 0 amide bonds. The molecule has 66 valence electrons. The molecule has 0 unspecified atom stereocenters. The maximum absolute atomic E-state index is 3.14. The Balaban J connectivity index is 0.00000144. The van der Waals surface area contributed by atoms with Gasteiger partial charge in [-0.2, -0.15) is 35.4 Å². The minimum Gasteiger partial charge on any atom is -0.184 e. The predicted octanol–water partition coefficient (Wildman–Crippen LogP) is 0.738. The molecule has 1 rings (SSSR count). The third kappa shape index (κ3) is 3.95. The zero-order valence-corrected chi connectivity index (χ0v) is 14.3. The molecule has 0 nitrogen and oxygen atoms in total. The van der Waals surface area contributed by atoms with Crippen LogP contribution in [0.3, 0.4) is 0 Å². The maximum Gasteiger partial charge on any atom is 1.00 e. The first-order valence-electron chi connectivity index (χ1n) is 4.62. The van der Waals surface area contributed by atoms with Gasteiger partial charge in [0.2, 0.25) is 0 Å². The van der Waals surface area contributed by atoms with E-state index in [4.69, 9.17) is 0 Å². The van der Waals surface area contributed by atoms with Crippen molar-refractivity contribution in [2.45, 2.75) is 39.5 Å². The summed E-state index contributed by atoms with van der Waals surface area (Å²) in [5.74, 6) is 1.23. The molecule has 0 spiro atoms. The van der Waals surface area contributed by atoms with Crippen molar-refractivity contribution in [1.29, 1.82) is 0 Å². The van der Waals surface area contributed by atoms with Gasteiger partial charge in [0.1, 0.15) is 0 Å². The fraction of sp³-hybridized carbons (Fsp3) is 0.500. The van der Waals surface area contributed by atoms with Crippen molar-refractivity contribution >= 4 is 0 Å². The van der Waals surface area contributed by atoms with E-state index in [1.807, 2.05) is 6.07 Å². The smallest absolute Gasteiger partial charge is 0.184 e. The predicted molar refractivity (Wildman–Crippen MR) is 53.5 cm³/mol. The van der Waals surface area contributed by atoms with E-state index in [0.29, 0.717) is 11.8 Å². The first kappa shape index (κ1) is 14.0. The average molecular weight is 247 g/mol. The van der Waals surface area contributed by atoms with E-state index >= 15 is 0 Å². The summed E-state index contributed by atoms with van der Waals surface area (Å²) in [4.78, 5) is 0. The molecule has 0 atom stereocenters. The molecule has 1 aromatic rings. The molecule has 0 saturated heterocycles. The van der Waals surface area contributed by atoms with Crippen LogP contribution >= 0.6 is 0 Å². The van der Waals surface area contributed by atoms with Gasteiger partial charge in [-0.25, -0.2) is 0 Å². The molecule has 0 aliphatic rings. The fourth-order valence-electron chi connectivity index (χ4n) is 1.48. The molecule has 1 aromatic carbocycles. The van der Waals surface area contributed by atoms with Crippen LogP contribution in [0.4, 0.5) is 0 Å². The van der Waals surface area contributed by atoms with Crippen LogP contribution in [-0.2, 0) is 0 Å². The number of rotatable bonds is 2. The van der Waals surface area contributed by atoms with Gasteiger partial charge in [-0.1, -0.05) is 33.6 Å². The van der Waals surface area contributed by atoms with Gasteiger partial charge in [0.05, 0.1) is 0 Å². The van der Waals surface area contributed by atoms with E-state index < -0.39 is 0 Å². The molecule has 0 N–H and O–H groups in total.